The minimum absolute atomic E-state index is 0.00449. The Balaban J connectivity index is 1.55. The number of benzene rings is 2. The fraction of sp³-hybridized carbons (Fsp3) is 0.333. The molecule has 2 heterocycles. The molecule has 3 aromatic rings. The van der Waals surface area contributed by atoms with Crippen LogP contribution in [0.5, 0.6) is 0 Å². The molecule has 0 unspecified atom stereocenters. The number of esters is 1. The number of halogens is 1. The molecule has 0 N–H and O–H groups in total. The van der Waals surface area contributed by atoms with Crippen molar-refractivity contribution in [2.24, 2.45) is 5.92 Å². The Kier molecular flexibility index (Phi) is 6.51. The van der Waals surface area contributed by atoms with Crippen molar-refractivity contribution >= 4 is 32.6 Å². The number of fused-ring (bicyclic) bond motifs is 1. The van der Waals surface area contributed by atoms with Crippen molar-refractivity contribution in [3.63, 3.8) is 0 Å². The van der Waals surface area contributed by atoms with Gasteiger partial charge in [0.05, 0.1) is 23.7 Å². The van der Waals surface area contributed by atoms with Crippen molar-refractivity contribution in [2.75, 3.05) is 20.2 Å². The van der Waals surface area contributed by atoms with E-state index in [2.05, 4.69) is 0 Å². The highest BCUT2D eigenvalue weighted by molar-refractivity contribution is 7.90. The second kappa shape index (κ2) is 9.35. The van der Waals surface area contributed by atoms with Crippen LogP contribution in [0.2, 0.25) is 0 Å². The van der Waals surface area contributed by atoms with Gasteiger partial charge in [0.1, 0.15) is 12.4 Å². The minimum Gasteiger partial charge on any atom is -0.469 e. The van der Waals surface area contributed by atoms with Gasteiger partial charge in [-0.2, -0.15) is 0 Å². The fourth-order valence-electron chi connectivity index (χ4n) is 4.25. The van der Waals surface area contributed by atoms with Crippen LogP contribution < -0.4 is 0 Å². The lowest BCUT2D eigenvalue weighted by Crippen LogP contribution is -2.41. The Morgan fingerprint density at radius 1 is 1.06 bits per heavy atom. The molecule has 0 spiro atoms. The normalized spacial score (nSPS) is 15.0. The first-order valence-electron chi connectivity index (χ1n) is 10.7. The number of amides is 1. The van der Waals surface area contributed by atoms with E-state index in [1.54, 1.807) is 33.7 Å². The van der Waals surface area contributed by atoms with Crippen LogP contribution in [0.3, 0.4) is 0 Å². The summed E-state index contributed by atoms with van der Waals surface area (Å²) >= 11 is 0. The predicted octanol–water partition coefficient (Wildman–Crippen LogP) is 3.17. The molecule has 0 aliphatic carbocycles. The molecule has 0 radical (unpaired) electrons. The largest absolute Gasteiger partial charge is 0.469 e. The number of rotatable bonds is 6. The summed E-state index contributed by atoms with van der Waals surface area (Å²) in [5.74, 6) is -1.29. The van der Waals surface area contributed by atoms with E-state index in [0.29, 0.717) is 42.4 Å². The van der Waals surface area contributed by atoms with Gasteiger partial charge in [0.15, 0.2) is 9.84 Å². The first kappa shape index (κ1) is 23.0. The molecular weight excluding hydrogens is 447 g/mol. The smallest absolute Gasteiger partial charge is 0.308 e. The third-order valence-electron chi connectivity index (χ3n) is 6.04. The summed E-state index contributed by atoms with van der Waals surface area (Å²) in [4.78, 5) is 26.5. The van der Waals surface area contributed by atoms with Gasteiger partial charge in [-0.1, -0.05) is 30.3 Å². The summed E-state index contributed by atoms with van der Waals surface area (Å²) < 4.78 is 46.0. The SMILES string of the molecule is COC(=O)C1CCN(C(=O)Cn2cc(S(=O)(=O)Cc3ccc(F)cc3)c3ccccc32)CC1. The van der Waals surface area contributed by atoms with E-state index in [1.165, 1.54) is 37.6 Å². The van der Waals surface area contributed by atoms with Gasteiger partial charge in [0.2, 0.25) is 5.91 Å². The number of para-hydroxylation sites is 1. The van der Waals surface area contributed by atoms with Crippen LogP contribution in [0, 0.1) is 11.7 Å². The van der Waals surface area contributed by atoms with Crippen molar-refractivity contribution in [1.29, 1.82) is 0 Å². The molecule has 7 nitrogen and oxygen atoms in total. The summed E-state index contributed by atoms with van der Waals surface area (Å²) in [7, 11) is -2.37. The van der Waals surface area contributed by atoms with E-state index >= 15 is 0 Å². The molecule has 4 rings (SSSR count). The average molecular weight is 473 g/mol. The minimum atomic E-state index is -3.73. The number of aromatic nitrogens is 1. The number of carbonyl (C=O) groups excluding carboxylic acids is 2. The average Bonchev–Trinajstić information content (AvgIpc) is 3.19. The van der Waals surface area contributed by atoms with Crippen LogP contribution in [0.25, 0.3) is 10.9 Å². The number of ether oxygens (including phenoxy) is 1. The Morgan fingerprint density at radius 2 is 1.73 bits per heavy atom. The molecular formula is C24H25FN2O5S. The summed E-state index contributed by atoms with van der Waals surface area (Å²) in [5.41, 5.74) is 1.13. The highest BCUT2D eigenvalue weighted by Crippen LogP contribution is 2.28. The van der Waals surface area contributed by atoms with Gasteiger partial charge in [-0.05, 0) is 36.6 Å². The van der Waals surface area contributed by atoms with Crippen LogP contribution >= 0.6 is 0 Å². The number of sulfone groups is 1. The Bertz CT molecular complexity index is 1280. The van der Waals surface area contributed by atoms with Crippen molar-refractivity contribution < 1.29 is 27.1 Å². The standard InChI is InChI=1S/C24H25FN2O5S/c1-32-24(29)18-10-12-26(13-11-18)23(28)15-27-14-22(20-4-2-3-5-21(20)27)33(30,31)16-17-6-8-19(25)9-7-17/h2-9,14,18H,10-13,15-16H2,1H3. The summed E-state index contributed by atoms with van der Waals surface area (Å²) in [6, 6.07) is 12.4. The Labute approximate surface area is 191 Å². The van der Waals surface area contributed by atoms with Gasteiger partial charge in [-0.25, -0.2) is 12.8 Å². The lowest BCUT2D eigenvalue weighted by molar-refractivity contribution is -0.149. The van der Waals surface area contributed by atoms with Crippen LogP contribution in [-0.4, -0.2) is 50.0 Å². The van der Waals surface area contributed by atoms with Gasteiger partial charge >= 0.3 is 5.97 Å². The summed E-state index contributed by atoms with van der Waals surface area (Å²) in [6.45, 7) is 0.899. The first-order valence-corrected chi connectivity index (χ1v) is 12.3. The van der Waals surface area contributed by atoms with Crippen LogP contribution in [0.4, 0.5) is 4.39 Å². The molecule has 1 aliphatic rings. The maximum atomic E-state index is 13.2. The monoisotopic (exact) mass is 472 g/mol. The van der Waals surface area contributed by atoms with Crippen LogP contribution in [0.1, 0.15) is 18.4 Å². The fourth-order valence-corrected chi connectivity index (χ4v) is 5.83. The molecule has 0 saturated carbocycles. The topological polar surface area (TPSA) is 85.7 Å². The molecule has 1 fully saturated rings. The number of methoxy groups -OCH3 is 1. The van der Waals surface area contributed by atoms with Crippen molar-refractivity contribution in [2.45, 2.75) is 30.0 Å². The van der Waals surface area contributed by atoms with Crippen molar-refractivity contribution in [1.82, 2.24) is 9.47 Å². The predicted molar refractivity (Wildman–Crippen MR) is 121 cm³/mol. The lowest BCUT2D eigenvalue weighted by atomic mass is 9.97. The van der Waals surface area contributed by atoms with Crippen LogP contribution in [0.15, 0.2) is 59.6 Å². The third-order valence-corrected chi connectivity index (χ3v) is 7.75. The molecule has 33 heavy (non-hydrogen) atoms. The number of nitrogens with zero attached hydrogens (tertiary/aromatic N) is 2. The highest BCUT2D eigenvalue weighted by atomic mass is 32.2. The molecule has 9 heteroatoms. The molecule has 2 aromatic carbocycles. The molecule has 0 bridgehead atoms. The highest BCUT2D eigenvalue weighted by Gasteiger charge is 2.29. The zero-order valence-electron chi connectivity index (χ0n) is 18.2. The third kappa shape index (κ3) is 4.93. The van der Waals surface area contributed by atoms with E-state index < -0.39 is 15.7 Å². The zero-order valence-corrected chi connectivity index (χ0v) is 19.1. The Morgan fingerprint density at radius 3 is 2.39 bits per heavy atom. The lowest BCUT2D eigenvalue weighted by Gasteiger charge is -2.30. The number of carbonyl (C=O) groups is 2. The van der Waals surface area contributed by atoms with Crippen LogP contribution in [-0.2, 0) is 36.5 Å². The van der Waals surface area contributed by atoms with Gasteiger partial charge < -0.3 is 14.2 Å². The number of hydrogen-bond donors (Lipinski definition) is 0. The molecule has 0 atom stereocenters. The molecule has 1 aliphatic heterocycles. The van der Waals surface area contributed by atoms with Gasteiger partial charge in [-0.3, -0.25) is 9.59 Å². The number of likely N-dealkylation sites (tertiary alicyclic amines) is 1. The molecule has 1 saturated heterocycles. The van der Waals surface area contributed by atoms with Crippen molar-refractivity contribution in [3.8, 4) is 0 Å². The van der Waals surface area contributed by atoms with E-state index in [9.17, 15) is 22.4 Å². The maximum Gasteiger partial charge on any atom is 0.308 e. The molecule has 1 amide bonds. The molecule has 174 valence electrons. The van der Waals surface area contributed by atoms with Gasteiger partial charge in [0.25, 0.3) is 0 Å². The van der Waals surface area contributed by atoms with E-state index in [1.807, 2.05) is 0 Å². The van der Waals surface area contributed by atoms with E-state index in [-0.39, 0.29) is 35.0 Å². The Hall–Kier alpha value is -3.20. The first-order chi connectivity index (χ1) is 15.8. The molecule has 1 aromatic heterocycles. The maximum absolute atomic E-state index is 13.2. The quantitative estimate of drug-likeness (QED) is 0.515. The second-order valence-corrected chi connectivity index (χ2v) is 10.2. The van der Waals surface area contributed by atoms with Gasteiger partial charge in [-0.15, -0.1) is 0 Å². The number of hydrogen-bond acceptors (Lipinski definition) is 5. The van der Waals surface area contributed by atoms with E-state index in [0.717, 1.165) is 0 Å². The zero-order chi connectivity index (χ0) is 23.6. The summed E-state index contributed by atoms with van der Waals surface area (Å²) in [6.07, 6.45) is 2.59. The number of piperidine rings is 1. The van der Waals surface area contributed by atoms with E-state index in [4.69, 9.17) is 4.74 Å². The van der Waals surface area contributed by atoms with Crippen molar-refractivity contribution in [3.05, 3.63) is 66.1 Å². The van der Waals surface area contributed by atoms with Gasteiger partial charge in [0, 0.05) is 30.2 Å². The second-order valence-electron chi connectivity index (χ2n) is 8.20. The summed E-state index contributed by atoms with van der Waals surface area (Å²) in [5, 5.41) is 0.539.